The van der Waals surface area contributed by atoms with Gasteiger partial charge in [-0.25, -0.2) is 22.5 Å². The Labute approximate surface area is 88.0 Å². The van der Waals surface area contributed by atoms with Gasteiger partial charge in [-0.2, -0.15) is 0 Å². The number of rotatable bonds is 3. The molecule has 88 valence electrons. The SMILES string of the molecule is COC(=O)Cc1c(F)cnc(C(F)F)c1F. The molecule has 16 heavy (non-hydrogen) atoms. The van der Waals surface area contributed by atoms with Crippen molar-refractivity contribution in [2.75, 3.05) is 7.11 Å². The van der Waals surface area contributed by atoms with Gasteiger partial charge in [0.15, 0.2) is 5.82 Å². The van der Waals surface area contributed by atoms with Gasteiger partial charge in [0.25, 0.3) is 6.43 Å². The van der Waals surface area contributed by atoms with Gasteiger partial charge in [-0.1, -0.05) is 0 Å². The maximum absolute atomic E-state index is 13.3. The second kappa shape index (κ2) is 4.91. The molecule has 0 N–H and O–H groups in total. The average molecular weight is 237 g/mol. The fourth-order valence-corrected chi connectivity index (χ4v) is 1.05. The van der Waals surface area contributed by atoms with Crippen LogP contribution >= 0.6 is 0 Å². The van der Waals surface area contributed by atoms with Crippen molar-refractivity contribution in [3.05, 3.63) is 29.1 Å². The third-order valence-corrected chi connectivity index (χ3v) is 1.85. The Hall–Kier alpha value is -1.66. The summed E-state index contributed by atoms with van der Waals surface area (Å²) in [5.74, 6) is -3.60. The van der Waals surface area contributed by atoms with E-state index in [2.05, 4.69) is 9.72 Å². The Morgan fingerprint density at radius 2 is 2.12 bits per heavy atom. The molecule has 3 nitrogen and oxygen atoms in total. The topological polar surface area (TPSA) is 39.2 Å². The molecule has 0 radical (unpaired) electrons. The highest BCUT2D eigenvalue weighted by Gasteiger charge is 2.23. The summed E-state index contributed by atoms with van der Waals surface area (Å²) in [7, 11) is 1.02. The zero-order valence-corrected chi connectivity index (χ0v) is 8.14. The van der Waals surface area contributed by atoms with Gasteiger partial charge < -0.3 is 4.74 Å². The van der Waals surface area contributed by atoms with E-state index in [0.29, 0.717) is 6.20 Å². The van der Waals surface area contributed by atoms with Gasteiger partial charge in [0.05, 0.1) is 19.7 Å². The van der Waals surface area contributed by atoms with Gasteiger partial charge in [0.2, 0.25) is 0 Å². The van der Waals surface area contributed by atoms with Crippen LogP contribution in [-0.4, -0.2) is 18.1 Å². The van der Waals surface area contributed by atoms with Crippen LogP contribution in [0, 0.1) is 11.6 Å². The van der Waals surface area contributed by atoms with Crippen LogP contribution < -0.4 is 0 Å². The van der Waals surface area contributed by atoms with Crippen LogP contribution in [0.15, 0.2) is 6.20 Å². The zero-order chi connectivity index (χ0) is 12.3. The minimum atomic E-state index is -3.17. The molecule has 0 aliphatic rings. The lowest BCUT2D eigenvalue weighted by Crippen LogP contribution is -2.11. The summed E-state index contributed by atoms with van der Waals surface area (Å²) in [6, 6.07) is 0. The lowest BCUT2D eigenvalue weighted by atomic mass is 10.1. The van der Waals surface area contributed by atoms with Crippen molar-refractivity contribution < 1.29 is 27.1 Å². The van der Waals surface area contributed by atoms with E-state index in [1.165, 1.54) is 0 Å². The summed E-state index contributed by atoms with van der Waals surface area (Å²) in [4.78, 5) is 13.7. The Morgan fingerprint density at radius 1 is 1.50 bits per heavy atom. The number of pyridine rings is 1. The smallest absolute Gasteiger partial charge is 0.310 e. The molecular weight excluding hydrogens is 230 g/mol. The maximum atomic E-state index is 13.3. The molecule has 1 heterocycles. The molecule has 1 aromatic rings. The first kappa shape index (κ1) is 12.4. The van der Waals surface area contributed by atoms with E-state index in [1.807, 2.05) is 0 Å². The Balaban J connectivity index is 3.16. The van der Waals surface area contributed by atoms with Crippen LogP contribution in [0.5, 0.6) is 0 Å². The Bertz CT molecular complexity index is 409. The minimum absolute atomic E-state index is 0.447. The van der Waals surface area contributed by atoms with Crippen molar-refractivity contribution in [3.63, 3.8) is 0 Å². The first-order valence-electron chi connectivity index (χ1n) is 4.15. The molecule has 0 aromatic carbocycles. The van der Waals surface area contributed by atoms with Crippen molar-refractivity contribution in [2.24, 2.45) is 0 Å². The number of nitrogens with zero attached hydrogens (tertiary/aromatic N) is 1. The molecule has 0 aliphatic carbocycles. The number of hydrogen-bond donors (Lipinski definition) is 0. The molecule has 0 saturated carbocycles. The van der Waals surface area contributed by atoms with E-state index in [4.69, 9.17) is 0 Å². The van der Waals surface area contributed by atoms with E-state index in [0.717, 1.165) is 7.11 Å². The van der Waals surface area contributed by atoms with E-state index >= 15 is 0 Å². The number of methoxy groups -OCH3 is 1. The van der Waals surface area contributed by atoms with Gasteiger partial charge in [0.1, 0.15) is 11.5 Å². The third kappa shape index (κ3) is 2.47. The largest absolute Gasteiger partial charge is 0.469 e. The minimum Gasteiger partial charge on any atom is -0.469 e. The van der Waals surface area contributed by atoms with E-state index < -0.39 is 41.7 Å². The van der Waals surface area contributed by atoms with Crippen LogP contribution in [0.4, 0.5) is 17.6 Å². The number of aromatic nitrogens is 1. The van der Waals surface area contributed by atoms with Crippen molar-refractivity contribution in [1.29, 1.82) is 0 Å². The lowest BCUT2D eigenvalue weighted by molar-refractivity contribution is -0.139. The van der Waals surface area contributed by atoms with E-state index in [9.17, 15) is 22.4 Å². The standard InChI is InChI=1S/C9H7F4NO2/c1-16-6(15)2-4-5(10)3-14-8(7(4)11)9(12)13/h3,9H,2H2,1H3. The van der Waals surface area contributed by atoms with Gasteiger partial charge in [-0.3, -0.25) is 4.79 Å². The molecule has 0 unspecified atom stereocenters. The Kier molecular flexibility index (Phi) is 3.81. The highest BCUT2D eigenvalue weighted by Crippen LogP contribution is 2.23. The number of hydrogen-bond acceptors (Lipinski definition) is 3. The monoisotopic (exact) mass is 237 g/mol. The van der Waals surface area contributed by atoms with Crippen molar-refractivity contribution in [1.82, 2.24) is 4.98 Å². The number of esters is 1. The van der Waals surface area contributed by atoms with Crippen LogP contribution in [0.1, 0.15) is 17.7 Å². The summed E-state index contributed by atoms with van der Waals surface area (Å²) >= 11 is 0. The lowest BCUT2D eigenvalue weighted by Gasteiger charge is -2.07. The molecule has 0 bridgehead atoms. The molecule has 0 spiro atoms. The molecular formula is C9H7F4NO2. The van der Waals surface area contributed by atoms with Crippen LogP contribution in [0.3, 0.4) is 0 Å². The highest BCUT2D eigenvalue weighted by atomic mass is 19.3. The highest BCUT2D eigenvalue weighted by molar-refractivity contribution is 5.72. The average Bonchev–Trinajstić information content (AvgIpc) is 2.23. The molecule has 0 saturated heterocycles. The normalized spacial score (nSPS) is 10.6. The molecule has 0 fully saturated rings. The molecule has 0 amide bonds. The third-order valence-electron chi connectivity index (χ3n) is 1.85. The summed E-state index contributed by atoms with van der Waals surface area (Å²) in [5.41, 5.74) is -1.95. The summed E-state index contributed by atoms with van der Waals surface area (Å²) < 4.78 is 54.9. The number of alkyl halides is 2. The number of ether oxygens (including phenoxy) is 1. The molecule has 0 aliphatic heterocycles. The first-order valence-corrected chi connectivity index (χ1v) is 4.15. The van der Waals surface area contributed by atoms with Gasteiger partial charge in [-0.15, -0.1) is 0 Å². The van der Waals surface area contributed by atoms with Crippen LogP contribution in [0.25, 0.3) is 0 Å². The summed E-state index contributed by atoms with van der Waals surface area (Å²) in [6.07, 6.45) is -3.48. The van der Waals surface area contributed by atoms with E-state index in [-0.39, 0.29) is 0 Å². The van der Waals surface area contributed by atoms with Crippen molar-refractivity contribution in [3.8, 4) is 0 Å². The fourth-order valence-electron chi connectivity index (χ4n) is 1.05. The van der Waals surface area contributed by atoms with Gasteiger partial charge in [-0.05, 0) is 0 Å². The number of carbonyl (C=O) groups excluding carboxylic acids is 1. The first-order chi connectivity index (χ1) is 7.47. The molecule has 1 aromatic heterocycles. The second-order valence-electron chi connectivity index (χ2n) is 2.84. The van der Waals surface area contributed by atoms with Crippen molar-refractivity contribution >= 4 is 5.97 Å². The molecule has 7 heteroatoms. The fraction of sp³-hybridized carbons (Fsp3) is 0.333. The predicted octanol–water partition coefficient (Wildman–Crippen LogP) is 2.01. The van der Waals surface area contributed by atoms with Gasteiger partial charge in [0, 0.05) is 5.56 Å². The number of carbonyl (C=O) groups is 1. The molecule has 1 rings (SSSR count). The molecule has 0 atom stereocenters. The summed E-state index contributed by atoms with van der Waals surface area (Å²) in [5, 5.41) is 0. The maximum Gasteiger partial charge on any atom is 0.310 e. The zero-order valence-electron chi connectivity index (χ0n) is 8.14. The van der Waals surface area contributed by atoms with E-state index in [1.54, 1.807) is 0 Å². The van der Waals surface area contributed by atoms with Gasteiger partial charge >= 0.3 is 5.97 Å². The Morgan fingerprint density at radius 3 is 2.62 bits per heavy atom. The quantitative estimate of drug-likeness (QED) is 0.596. The van der Waals surface area contributed by atoms with Crippen LogP contribution in [-0.2, 0) is 16.0 Å². The second-order valence-corrected chi connectivity index (χ2v) is 2.84. The predicted molar refractivity (Wildman–Crippen MR) is 44.8 cm³/mol. The van der Waals surface area contributed by atoms with Crippen LogP contribution in [0.2, 0.25) is 0 Å². The number of halogens is 4. The summed E-state index contributed by atoms with van der Waals surface area (Å²) in [6.45, 7) is 0. The van der Waals surface area contributed by atoms with Crippen molar-refractivity contribution in [2.45, 2.75) is 12.8 Å².